The van der Waals surface area contributed by atoms with E-state index in [-0.39, 0.29) is 24.0 Å². The van der Waals surface area contributed by atoms with Crippen LogP contribution in [0.5, 0.6) is 0 Å². The van der Waals surface area contributed by atoms with Crippen LogP contribution in [-0.4, -0.2) is 39.5 Å². The van der Waals surface area contributed by atoms with E-state index >= 15 is 0 Å². The predicted octanol–water partition coefficient (Wildman–Crippen LogP) is 4.17. The second-order valence-electron chi connectivity index (χ2n) is 7.22. The largest absolute Gasteiger partial charge is 0.465 e. The third kappa shape index (κ3) is 5.18. The Morgan fingerprint density at radius 3 is 2.56 bits per heavy atom. The second-order valence-corrected chi connectivity index (χ2v) is 8.17. The summed E-state index contributed by atoms with van der Waals surface area (Å²) in [5.41, 5.74) is 1.84. The number of carbonyl (C=O) groups is 2. The van der Waals surface area contributed by atoms with Crippen LogP contribution >= 0.6 is 11.8 Å². The highest BCUT2D eigenvalue weighted by atomic mass is 32.2. The Morgan fingerprint density at radius 2 is 1.85 bits per heavy atom. The molecule has 0 saturated carbocycles. The molecule has 0 saturated heterocycles. The average Bonchev–Trinajstić information content (AvgIpc) is 3.45. The smallest absolute Gasteiger partial charge is 0.341 e. The number of para-hydroxylation sites is 1. The number of hydrogen-bond acceptors (Lipinski definition) is 7. The molecule has 4 rings (SSSR count). The normalized spacial score (nSPS) is 10.8. The summed E-state index contributed by atoms with van der Waals surface area (Å²) < 4.78 is 25.4. The molecule has 0 unspecified atom stereocenters. The number of ether oxygens (including phenoxy) is 1. The predicted molar refractivity (Wildman–Crippen MR) is 124 cm³/mol. The molecule has 4 aromatic rings. The van der Waals surface area contributed by atoms with E-state index in [0.717, 1.165) is 5.69 Å². The van der Waals surface area contributed by atoms with Crippen molar-refractivity contribution in [2.45, 2.75) is 18.6 Å². The van der Waals surface area contributed by atoms with Crippen molar-refractivity contribution < 1.29 is 23.1 Å². The third-order valence-electron chi connectivity index (χ3n) is 4.92. The van der Waals surface area contributed by atoms with Crippen LogP contribution < -0.4 is 5.32 Å². The molecule has 0 spiro atoms. The van der Waals surface area contributed by atoms with Crippen LogP contribution in [-0.2, 0) is 16.1 Å². The van der Waals surface area contributed by atoms with Crippen LogP contribution in [0, 0.1) is 12.7 Å². The van der Waals surface area contributed by atoms with E-state index in [1.54, 1.807) is 25.1 Å². The van der Waals surface area contributed by atoms with Gasteiger partial charge in [-0.3, -0.25) is 9.36 Å². The molecule has 2 aromatic heterocycles. The molecule has 34 heavy (non-hydrogen) atoms. The summed E-state index contributed by atoms with van der Waals surface area (Å²) in [6, 6.07) is 17.0. The van der Waals surface area contributed by atoms with Gasteiger partial charge in [0.05, 0.1) is 19.4 Å². The first-order valence-corrected chi connectivity index (χ1v) is 11.3. The molecule has 174 valence electrons. The number of aryl methyl sites for hydroxylation is 1. The van der Waals surface area contributed by atoms with E-state index in [9.17, 15) is 14.0 Å². The number of nitrogens with one attached hydrogen (secondary N) is 1. The maximum absolute atomic E-state index is 13.4. The lowest BCUT2D eigenvalue weighted by Gasteiger charge is -2.10. The van der Waals surface area contributed by atoms with Crippen molar-refractivity contribution in [3.05, 3.63) is 83.6 Å². The lowest BCUT2D eigenvalue weighted by molar-refractivity contribution is -0.118. The maximum atomic E-state index is 13.4. The highest BCUT2D eigenvalue weighted by molar-refractivity contribution is 7.99. The fraction of sp³-hybridized carbons (Fsp3) is 0.167. The Kier molecular flexibility index (Phi) is 7.07. The number of esters is 1. The summed E-state index contributed by atoms with van der Waals surface area (Å²) >= 11 is 1.22. The molecule has 2 aromatic carbocycles. The minimum absolute atomic E-state index is 0.0813. The second kappa shape index (κ2) is 10.3. The molecule has 1 amide bonds. The van der Waals surface area contributed by atoms with Crippen LogP contribution in [0.3, 0.4) is 0 Å². The molecule has 0 aliphatic carbocycles. The third-order valence-corrected chi connectivity index (χ3v) is 5.85. The highest BCUT2D eigenvalue weighted by Crippen LogP contribution is 2.28. The molecule has 0 aliphatic heterocycles. The van der Waals surface area contributed by atoms with Gasteiger partial charge in [-0.15, -0.1) is 10.2 Å². The van der Waals surface area contributed by atoms with Gasteiger partial charge in [0.15, 0.2) is 11.0 Å². The zero-order valence-electron chi connectivity index (χ0n) is 18.4. The van der Waals surface area contributed by atoms with Gasteiger partial charge in [-0.2, -0.15) is 0 Å². The Labute approximate surface area is 199 Å². The summed E-state index contributed by atoms with van der Waals surface area (Å²) in [6.07, 6.45) is 0. The summed E-state index contributed by atoms with van der Waals surface area (Å²) in [7, 11) is 1.29. The minimum atomic E-state index is -0.494. The fourth-order valence-corrected chi connectivity index (χ4v) is 4.05. The molecular weight excluding hydrogens is 459 g/mol. The molecule has 8 nitrogen and oxygen atoms in total. The van der Waals surface area contributed by atoms with E-state index < -0.39 is 5.97 Å². The lowest BCUT2D eigenvalue weighted by Crippen LogP contribution is -2.24. The number of halogens is 1. The molecule has 1 N–H and O–H groups in total. The topological polar surface area (TPSA) is 99.2 Å². The monoisotopic (exact) mass is 480 g/mol. The number of thioether (sulfide) groups is 1. The molecule has 0 fully saturated rings. The van der Waals surface area contributed by atoms with Gasteiger partial charge in [-0.05, 0) is 49.4 Å². The molecule has 0 atom stereocenters. The number of furan rings is 1. The lowest BCUT2D eigenvalue weighted by atomic mass is 10.2. The van der Waals surface area contributed by atoms with Gasteiger partial charge in [0.1, 0.15) is 22.9 Å². The summed E-state index contributed by atoms with van der Waals surface area (Å²) in [6.45, 7) is 1.78. The van der Waals surface area contributed by atoms with E-state index in [1.807, 2.05) is 34.9 Å². The van der Waals surface area contributed by atoms with Crippen molar-refractivity contribution >= 4 is 23.6 Å². The average molecular weight is 481 g/mol. The zero-order chi connectivity index (χ0) is 24.1. The Balaban J connectivity index is 1.47. The number of hydrogen-bond donors (Lipinski definition) is 1. The van der Waals surface area contributed by atoms with Crippen molar-refractivity contribution in [2.75, 3.05) is 12.9 Å². The Hall–Kier alpha value is -3.92. The van der Waals surface area contributed by atoms with Gasteiger partial charge >= 0.3 is 5.97 Å². The first kappa shape index (κ1) is 23.2. The zero-order valence-corrected chi connectivity index (χ0v) is 19.3. The van der Waals surface area contributed by atoms with E-state index in [0.29, 0.717) is 33.6 Å². The standard InChI is InChI=1S/C24H21FN4O4S/c1-15-20(23(31)32-2)12-19(33-15)13-26-21(30)14-34-24-28-27-22(16-8-10-17(25)11-9-16)29(24)18-6-4-3-5-7-18/h3-12H,13-14H2,1-2H3,(H,26,30). The van der Waals surface area contributed by atoms with Gasteiger partial charge < -0.3 is 14.5 Å². The van der Waals surface area contributed by atoms with Crippen LogP contribution in [0.15, 0.2) is 70.2 Å². The highest BCUT2D eigenvalue weighted by Gasteiger charge is 2.18. The fourth-order valence-electron chi connectivity index (χ4n) is 3.27. The van der Waals surface area contributed by atoms with E-state index in [2.05, 4.69) is 15.5 Å². The van der Waals surface area contributed by atoms with Gasteiger partial charge in [-0.25, -0.2) is 9.18 Å². The molecule has 0 radical (unpaired) electrons. The number of nitrogens with zero attached hydrogens (tertiary/aromatic N) is 3. The first-order valence-electron chi connectivity index (χ1n) is 10.3. The van der Waals surface area contributed by atoms with Crippen molar-refractivity contribution in [1.29, 1.82) is 0 Å². The van der Waals surface area contributed by atoms with Gasteiger partial charge in [0, 0.05) is 11.3 Å². The Morgan fingerprint density at radius 1 is 1.12 bits per heavy atom. The van der Waals surface area contributed by atoms with Crippen LogP contribution in [0.25, 0.3) is 17.1 Å². The SMILES string of the molecule is COC(=O)c1cc(CNC(=O)CSc2nnc(-c3ccc(F)cc3)n2-c2ccccc2)oc1C. The molecule has 10 heteroatoms. The quantitative estimate of drug-likeness (QED) is 0.298. The summed E-state index contributed by atoms with van der Waals surface area (Å²) in [5, 5.41) is 11.8. The van der Waals surface area contributed by atoms with Gasteiger partial charge in [0.2, 0.25) is 5.91 Å². The molecule has 2 heterocycles. The first-order chi connectivity index (χ1) is 16.5. The number of amides is 1. The van der Waals surface area contributed by atoms with Crippen molar-refractivity contribution in [3.8, 4) is 17.1 Å². The van der Waals surface area contributed by atoms with Gasteiger partial charge in [0.25, 0.3) is 0 Å². The van der Waals surface area contributed by atoms with Crippen LogP contribution in [0.2, 0.25) is 0 Å². The van der Waals surface area contributed by atoms with Crippen LogP contribution in [0.4, 0.5) is 4.39 Å². The number of aromatic nitrogens is 3. The number of carbonyl (C=O) groups excluding carboxylic acids is 2. The van der Waals surface area contributed by atoms with Crippen LogP contribution in [0.1, 0.15) is 21.9 Å². The summed E-state index contributed by atoms with van der Waals surface area (Å²) in [5.74, 6) is 0.410. The van der Waals surface area contributed by atoms with Crippen molar-refractivity contribution in [3.63, 3.8) is 0 Å². The van der Waals surface area contributed by atoms with Crippen molar-refractivity contribution in [1.82, 2.24) is 20.1 Å². The van der Waals surface area contributed by atoms with Gasteiger partial charge in [-0.1, -0.05) is 30.0 Å². The summed E-state index contributed by atoms with van der Waals surface area (Å²) in [4.78, 5) is 24.2. The minimum Gasteiger partial charge on any atom is -0.465 e. The maximum Gasteiger partial charge on any atom is 0.341 e. The molecule has 0 bridgehead atoms. The van der Waals surface area contributed by atoms with Crippen molar-refractivity contribution in [2.24, 2.45) is 0 Å². The molecular formula is C24H21FN4O4S. The van der Waals surface area contributed by atoms with E-state index in [4.69, 9.17) is 9.15 Å². The number of rotatable bonds is 8. The molecule has 0 aliphatic rings. The van der Waals surface area contributed by atoms with E-state index in [1.165, 1.54) is 31.0 Å². The number of methoxy groups -OCH3 is 1. The Bertz CT molecular complexity index is 1300. The number of benzene rings is 2.